The summed E-state index contributed by atoms with van der Waals surface area (Å²) in [6, 6.07) is 42.4. The van der Waals surface area contributed by atoms with Gasteiger partial charge in [-0.2, -0.15) is 0 Å². The summed E-state index contributed by atoms with van der Waals surface area (Å²) in [5.41, 5.74) is 9.88. The Morgan fingerprint density at radius 1 is 0.487 bits per heavy atom. The second-order valence-corrected chi connectivity index (χ2v) is 10.5. The van der Waals surface area contributed by atoms with Gasteiger partial charge in [0.1, 0.15) is 0 Å². The van der Waals surface area contributed by atoms with Crippen molar-refractivity contribution in [2.75, 3.05) is 0 Å². The third-order valence-corrected chi connectivity index (χ3v) is 8.53. The van der Waals surface area contributed by atoms with E-state index in [4.69, 9.17) is 6.57 Å². The summed E-state index contributed by atoms with van der Waals surface area (Å²) < 4.78 is 2.60. The number of fused-ring (bicyclic) bond motifs is 3. The predicted molar refractivity (Wildman–Crippen MR) is 165 cm³/mol. The molecule has 39 heavy (non-hydrogen) atoms. The first-order valence-electron chi connectivity index (χ1n) is 12.8. The Hall–Kier alpha value is -5.04. The molecule has 7 rings (SSSR count). The zero-order valence-electron chi connectivity index (χ0n) is 21.0. The number of benzene rings is 5. The zero-order valence-corrected chi connectivity index (χ0v) is 21.8. The standard InChI is InChI=1S/C36H22N2S/c1-37-34-13-3-2-8-29(34)25-18-20-27(21-19-25)31-10-5-12-33-32-11-4-9-30(35(32)39-36(31)33)26-16-14-24(15-17-26)28-7-6-22-38-23-28/h2-23H. The maximum absolute atomic E-state index is 7.51. The normalized spacial score (nSPS) is 11.1. The number of hydrogen-bond donors (Lipinski definition) is 0. The molecule has 0 radical (unpaired) electrons. The van der Waals surface area contributed by atoms with Crippen LogP contribution in [-0.4, -0.2) is 4.98 Å². The lowest BCUT2D eigenvalue weighted by atomic mass is 9.97. The van der Waals surface area contributed by atoms with E-state index < -0.39 is 0 Å². The van der Waals surface area contributed by atoms with Crippen LogP contribution in [0.2, 0.25) is 0 Å². The molecule has 0 N–H and O–H groups in total. The fourth-order valence-corrected chi connectivity index (χ4v) is 6.67. The topological polar surface area (TPSA) is 17.2 Å². The van der Waals surface area contributed by atoms with Gasteiger partial charge in [0.05, 0.1) is 6.57 Å². The lowest BCUT2D eigenvalue weighted by Crippen LogP contribution is -1.81. The number of pyridine rings is 1. The number of hydrogen-bond acceptors (Lipinski definition) is 2. The number of thiophene rings is 1. The van der Waals surface area contributed by atoms with Crippen molar-refractivity contribution < 1.29 is 0 Å². The van der Waals surface area contributed by atoms with Gasteiger partial charge in [0.2, 0.25) is 0 Å². The van der Waals surface area contributed by atoms with Gasteiger partial charge in [0, 0.05) is 32.6 Å². The number of rotatable bonds is 4. The van der Waals surface area contributed by atoms with Crippen molar-refractivity contribution in [2.45, 2.75) is 0 Å². The van der Waals surface area contributed by atoms with Crippen LogP contribution in [0.25, 0.3) is 69.5 Å². The Kier molecular flexibility index (Phi) is 5.74. The monoisotopic (exact) mass is 514 g/mol. The van der Waals surface area contributed by atoms with E-state index in [2.05, 4.69) is 101 Å². The van der Waals surface area contributed by atoms with E-state index in [1.807, 2.05) is 47.9 Å². The molecule has 0 amide bonds. The largest absolute Gasteiger partial charge is 0.264 e. The van der Waals surface area contributed by atoms with Gasteiger partial charge in [-0.05, 0) is 50.6 Å². The molecule has 0 fully saturated rings. The molecule has 5 aromatic carbocycles. The summed E-state index contributed by atoms with van der Waals surface area (Å²) in [6.45, 7) is 7.51. The Balaban J connectivity index is 1.31. The third kappa shape index (κ3) is 4.08. The molecule has 0 aliphatic rings. The van der Waals surface area contributed by atoms with Gasteiger partial charge in [0.15, 0.2) is 5.69 Å². The lowest BCUT2D eigenvalue weighted by Gasteiger charge is -2.07. The number of aromatic nitrogens is 1. The van der Waals surface area contributed by atoms with Crippen molar-refractivity contribution in [1.29, 1.82) is 0 Å². The van der Waals surface area contributed by atoms with E-state index in [-0.39, 0.29) is 0 Å². The molecule has 2 aromatic heterocycles. The average molecular weight is 515 g/mol. The zero-order chi connectivity index (χ0) is 26.2. The first kappa shape index (κ1) is 23.1. The average Bonchev–Trinajstić information content (AvgIpc) is 3.41. The predicted octanol–water partition coefficient (Wildman–Crippen LogP) is 10.7. The van der Waals surface area contributed by atoms with Crippen LogP contribution >= 0.6 is 11.3 Å². The van der Waals surface area contributed by atoms with Crippen molar-refractivity contribution in [1.82, 2.24) is 4.98 Å². The quantitative estimate of drug-likeness (QED) is 0.214. The summed E-state index contributed by atoms with van der Waals surface area (Å²) >= 11 is 1.86. The Bertz CT molecular complexity index is 2000. The smallest absolute Gasteiger partial charge is 0.194 e. The Morgan fingerprint density at radius 2 is 1.03 bits per heavy atom. The second-order valence-electron chi connectivity index (χ2n) is 9.49. The first-order valence-corrected chi connectivity index (χ1v) is 13.6. The fourth-order valence-electron chi connectivity index (χ4n) is 5.30. The van der Waals surface area contributed by atoms with Crippen LogP contribution in [0.3, 0.4) is 0 Å². The van der Waals surface area contributed by atoms with E-state index in [0.29, 0.717) is 5.69 Å². The fraction of sp³-hybridized carbons (Fsp3) is 0. The van der Waals surface area contributed by atoms with E-state index in [1.165, 1.54) is 48.0 Å². The Labute approximate surface area is 231 Å². The van der Waals surface area contributed by atoms with E-state index in [9.17, 15) is 0 Å². The van der Waals surface area contributed by atoms with Crippen LogP contribution in [0.15, 0.2) is 134 Å². The molecular weight excluding hydrogens is 492 g/mol. The molecule has 0 aliphatic carbocycles. The van der Waals surface area contributed by atoms with E-state index in [1.54, 1.807) is 6.20 Å². The highest BCUT2D eigenvalue weighted by atomic mass is 32.1. The summed E-state index contributed by atoms with van der Waals surface area (Å²) in [6.07, 6.45) is 3.71. The SMILES string of the molecule is [C-]#[N+]c1ccccc1-c1ccc(-c2cccc3c2sc2c(-c4ccc(-c5cccnc5)cc4)cccc23)cc1. The van der Waals surface area contributed by atoms with Gasteiger partial charge in [-0.3, -0.25) is 4.98 Å². The van der Waals surface area contributed by atoms with Crippen LogP contribution in [0.4, 0.5) is 5.69 Å². The number of para-hydroxylation sites is 1. The highest BCUT2D eigenvalue weighted by Gasteiger charge is 2.14. The molecule has 2 nitrogen and oxygen atoms in total. The van der Waals surface area contributed by atoms with Crippen molar-refractivity contribution in [2.24, 2.45) is 0 Å². The second kappa shape index (κ2) is 9.68. The summed E-state index contributed by atoms with van der Waals surface area (Å²) in [5.74, 6) is 0. The molecule has 7 aromatic rings. The molecule has 0 saturated heterocycles. The Morgan fingerprint density at radius 3 is 1.59 bits per heavy atom. The molecule has 0 bridgehead atoms. The van der Waals surface area contributed by atoms with Crippen LogP contribution in [-0.2, 0) is 0 Å². The molecular formula is C36H22N2S. The maximum Gasteiger partial charge on any atom is 0.194 e. The van der Waals surface area contributed by atoms with Crippen LogP contribution in [0.5, 0.6) is 0 Å². The number of nitrogens with zero attached hydrogens (tertiary/aromatic N) is 2. The van der Waals surface area contributed by atoms with Gasteiger partial charge in [-0.1, -0.05) is 115 Å². The molecule has 0 aliphatic heterocycles. The first-order chi connectivity index (χ1) is 19.3. The maximum atomic E-state index is 7.51. The van der Waals surface area contributed by atoms with E-state index >= 15 is 0 Å². The van der Waals surface area contributed by atoms with Crippen molar-refractivity contribution in [3.63, 3.8) is 0 Å². The minimum absolute atomic E-state index is 0.679. The molecule has 0 atom stereocenters. The summed E-state index contributed by atoms with van der Waals surface area (Å²) in [4.78, 5) is 7.95. The minimum atomic E-state index is 0.679. The van der Waals surface area contributed by atoms with E-state index in [0.717, 1.165) is 16.7 Å². The van der Waals surface area contributed by atoms with Gasteiger partial charge < -0.3 is 0 Å². The summed E-state index contributed by atoms with van der Waals surface area (Å²) in [5, 5.41) is 2.57. The van der Waals surface area contributed by atoms with Gasteiger partial charge >= 0.3 is 0 Å². The highest BCUT2D eigenvalue weighted by Crippen LogP contribution is 2.44. The molecule has 2 heterocycles. The lowest BCUT2D eigenvalue weighted by molar-refractivity contribution is 1.33. The van der Waals surface area contributed by atoms with Gasteiger partial charge in [-0.25, -0.2) is 4.85 Å². The van der Waals surface area contributed by atoms with Crippen molar-refractivity contribution in [3.05, 3.63) is 145 Å². The highest BCUT2D eigenvalue weighted by molar-refractivity contribution is 7.26. The van der Waals surface area contributed by atoms with Crippen LogP contribution < -0.4 is 0 Å². The third-order valence-electron chi connectivity index (χ3n) is 7.25. The molecule has 182 valence electrons. The summed E-state index contributed by atoms with van der Waals surface area (Å²) in [7, 11) is 0. The molecule has 0 saturated carbocycles. The van der Waals surface area contributed by atoms with Crippen LogP contribution in [0, 0.1) is 6.57 Å². The van der Waals surface area contributed by atoms with Crippen LogP contribution in [0.1, 0.15) is 0 Å². The van der Waals surface area contributed by atoms with Crippen molar-refractivity contribution >= 4 is 37.2 Å². The van der Waals surface area contributed by atoms with Gasteiger partial charge in [0.25, 0.3) is 0 Å². The molecule has 3 heteroatoms. The van der Waals surface area contributed by atoms with Crippen molar-refractivity contribution in [3.8, 4) is 44.5 Å². The van der Waals surface area contributed by atoms with Gasteiger partial charge in [-0.15, -0.1) is 11.3 Å². The molecule has 0 spiro atoms. The molecule has 0 unspecified atom stereocenters. The minimum Gasteiger partial charge on any atom is -0.264 e.